The summed E-state index contributed by atoms with van der Waals surface area (Å²) in [6.07, 6.45) is 16.6. The van der Waals surface area contributed by atoms with Crippen molar-refractivity contribution in [1.82, 2.24) is 9.13 Å². The van der Waals surface area contributed by atoms with E-state index in [0.717, 1.165) is 26.2 Å². The minimum atomic E-state index is 0.836. The monoisotopic (exact) mass is 362 g/mol. The summed E-state index contributed by atoms with van der Waals surface area (Å²) < 4.78 is 8.77. The first kappa shape index (κ1) is 18.9. The maximum atomic E-state index is 3.81. The molecule has 0 unspecified atom stereocenters. The molecule has 2 aromatic heterocycles. The summed E-state index contributed by atoms with van der Waals surface area (Å²) in [6.45, 7) is 17.8. The molecule has 3 aromatic rings. The Morgan fingerprint density at radius 1 is 0.815 bits per heavy atom. The Morgan fingerprint density at radius 3 is 1.67 bits per heavy atom. The molecule has 0 fully saturated rings. The fraction of sp³-hybridized carbons (Fsp3) is 0.304. The highest BCUT2D eigenvalue weighted by Crippen LogP contribution is 2.22. The fourth-order valence-electron chi connectivity index (χ4n) is 3.70. The molecule has 0 aliphatic heterocycles. The highest BCUT2D eigenvalue weighted by atomic mass is 15.1. The Balaban J connectivity index is 1.89. The highest BCUT2D eigenvalue weighted by molar-refractivity contribution is 5.44. The van der Waals surface area contributed by atoms with Crippen LogP contribution in [0.15, 0.2) is 68.8 Å². The van der Waals surface area contributed by atoms with Gasteiger partial charge in [-0.2, -0.15) is 0 Å². The van der Waals surface area contributed by atoms with Crippen LogP contribution < -0.4 is 9.13 Å². The predicted octanol–water partition coefficient (Wildman–Crippen LogP) is 3.26. The van der Waals surface area contributed by atoms with Crippen LogP contribution >= 0.6 is 0 Å². The van der Waals surface area contributed by atoms with Gasteiger partial charge < -0.3 is 0 Å². The molecule has 2 heterocycles. The Kier molecular flexibility index (Phi) is 5.75. The van der Waals surface area contributed by atoms with Crippen molar-refractivity contribution in [3.05, 3.63) is 96.6 Å². The lowest BCUT2D eigenvalue weighted by Crippen LogP contribution is -2.35. The maximum Gasteiger partial charge on any atom is 0.244 e. The molecule has 1 aromatic carbocycles. The van der Waals surface area contributed by atoms with Gasteiger partial charge in [0.2, 0.25) is 12.7 Å². The van der Waals surface area contributed by atoms with Crippen molar-refractivity contribution >= 4 is 0 Å². The summed E-state index contributed by atoms with van der Waals surface area (Å²) in [4.78, 5) is 0. The lowest BCUT2D eigenvalue weighted by atomic mass is 9.93. The van der Waals surface area contributed by atoms with Gasteiger partial charge >= 0.3 is 0 Å². The minimum Gasteiger partial charge on any atom is -0.233 e. The quantitative estimate of drug-likeness (QED) is 0.432. The minimum absolute atomic E-state index is 0.836. The van der Waals surface area contributed by atoms with E-state index >= 15 is 0 Å². The lowest BCUT2D eigenvalue weighted by molar-refractivity contribution is -0.689. The van der Waals surface area contributed by atoms with E-state index in [-0.39, 0.29) is 0 Å². The van der Waals surface area contributed by atoms with E-state index in [2.05, 4.69) is 95.7 Å². The first-order valence-corrected chi connectivity index (χ1v) is 9.41. The summed E-state index contributed by atoms with van der Waals surface area (Å²) in [5.74, 6) is 0. The molecule has 0 amide bonds. The number of allylic oxidation sites excluding steroid dienone is 2. The van der Waals surface area contributed by atoms with Gasteiger partial charge in [0.1, 0.15) is 51.0 Å². The van der Waals surface area contributed by atoms with Crippen LogP contribution in [-0.4, -0.2) is 9.13 Å². The number of aryl methyl sites for hydroxylation is 2. The van der Waals surface area contributed by atoms with Gasteiger partial charge in [-0.25, -0.2) is 18.3 Å². The van der Waals surface area contributed by atoms with Gasteiger partial charge in [-0.3, -0.25) is 0 Å². The molecule has 3 rings (SSSR count). The number of benzene rings is 1. The molecule has 4 heteroatoms. The average molecular weight is 363 g/mol. The lowest BCUT2D eigenvalue weighted by Gasteiger charge is -2.15. The largest absolute Gasteiger partial charge is 0.244 e. The zero-order chi connectivity index (χ0) is 19.4. The van der Waals surface area contributed by atoms with Crippen LogP contribution in [0.2, 0.25) is 0 Å². The van der Waals surface area contributed by atoms with Crippen LogP contribution in [0.25, 0.3) is 0 Å². The van der Waals surface area contributed by atoms with Crippen molar-refractivity contribution in [3.8, 4) is 0 Å². The van der Waals surface area contributed by atoms with E-state index in [0.29, 0.717) is 0 Å². The van der Waals surface area contributed by atoms with Crippen molar-refractivity contribution < 1.29 is 9.13 Å². The smallest absolute Gasteiger partial charge is 0.233 e. The number of imidazole rings is 2. The van der Waals surface area contributed by atoms with E-state index in [4.69, 9.17) is 0 Å². The SMILES string of the molecule is C=CCn1cc[n+](Cc2c(C)cc(C)c(C[n+]3ccn(CC=C)c3)c2C)c1. The zero-order valence-corrected chi connectivity index (χ0v) is 16.7. The van der Waals surface area contributed by atoms with Crippen LogP contribution in [0.3, 0.4) is 0 Å². The van der Waals surface area contributed by atoms with Gasteiger partial charge in [0, 0.05) is 0 Å². The van der Waals surface area contributed by atoms with Crippen LogP contribution in [0.1, 0.15) is 27.8 Å². The number of rotatable bonds is 8. The van der Waals surface area contributed by atoms with Crippen LogP contribution in [0.5, 0.6) is 0 Å². The summed E-state index contributed by atoms with van der Waals surface area (Å²) in [5, 5.41) is 0. The Bertz CT molecular complexity index is 884. The van der Waals surface area contributed by atoms with Crippen LogP contribution in [0.4, 0.5) is 0 Å². The second-order valence-electron chi connectivity index (χ2n) is 7.24. The Labute approximate surface area is 162 Å². The summed E-state index contributed by atoms with van der Waals surface area (Å²) in [6, 6.07) is 2.32. The van der Waals surface area contributed by atoms with Gasteiger partial charge in [0.05, 0.1) is 0 Å². The van der Waals surface area contributed by atoms with Crippen LogP contribution in [-0.2, 0) is 26.2 Å². The second-order valence-corrected chi connectivity index (χ2v) is 7.24. The predicted molar refractivity (Wildman–Crippen MR) is 109 cm³/mol. The first-order valence-electron chi connectivity index (χ1n) is 9.41. The molecular weight excluding hydrogens is 332 g/mol. The van der Waals surface area contributed by atoms with Gasteiger partial charge in [-0.1, -0.05) is 31.4 Å². The third kappa shape index (κ3) is 4.27. The fourth-order valence-corrected chi connectivity index (χ4v) is 3.70. The molecule has 140 valence electrons. The van der Waals surface area contributed by atoms with Gasteiger partial charge in [-0.05, 0) is 48.6 Å². The molecule has 0 aliphatic carbocycles. The molecule has 0 N–H and O–H groups in total. The van der Waals surface area contributed by atoms with Crippen molar-refractivity contribution in [2.75, 3.05) is 0 Å². The molecule has 4 nitrogen and oxygen atoms in total. The third-order valence-corrected chi connectivity index (χ3v) is 5.14. The van der Waals surface area contributed by atoms with E-state index in [1.807, 2.05) is 12.2 Å². The average Bonchev–Trinajstić information content (AvgIpc) is 3.26. The van der Waals surface area contributed by atoms with Gasteiger partial charge in [0.25, 0.3) is 0 Å². The first-order chi connectivity index (χ1) is 13.0. The molecule has 0 radical (unpaired) electrons. The van der Waals surface area contributed by atoms with Gasteiger partial charge in [-0.15, -0.1) is 0 Å². The molecule has 0 saturated heterocycles. The summed E-state index contributed by atoms with van der Waals surface area (Å²) in [7, 11) is 0. The number of aromatic nitrogens is 4. The molecule has 0 atom stereocenters. The number of nitrogens with zero attached hydrogens (tertiary/aromatic N) is 4. The van der Waals surface area contributed by atoms with E-state index in [1.54, 1.807) is 0 Å². The molecule has 0 saturated carbocycles. The van der Waals surface area contributed by atoms with Crippen molar-refractivity contribution in [2.24, 2.45) is 0 Å². The van der Waals surface area contributed by atoms with E-state index in [9.17, 15) is 0 Å². The van der Waals surface area contributed by atoms with Crippen molar-refractivity contribution in [2.45, 2.75) is 47.0 Å². The van der Waals surface area contributed by atoms with Crippen LogP contribution in [0, 0.1) is 20.8 Å². The van der Waals surface area contributed by atoms with E-state index < -0.39 is 0 Å². The van der Waals surface area contributed by atoms with Gasteiger partial charge in [0.15, 0.2) is 0 Å². The second kappa shape index (κ2) is 8.21. The Morgan fingerprint density at radius 2 is 1.26 bits per heavy atom. The van der Waals surface area contributed by atoms with Crippen molar-refractivity contribution in [3.63, 3.8) is 0 Å². The number of hydrogen-bond donors (Lipinski definition) is 0. The van der Waals surface area contributed by atoms with Crippen molar-refractivity contribution in [1.29, 1.82) is 0 Å². The van der Waals surface area contributed by atoms with E-state index in [1.165, 1.54) is 27.8 Å². The highest BCUT2D eigenvalue weighted by Gasteiger charge is 2.16. The molecular formula is C23H30N4+2. The summed E-state index contributed by atoms with van der Waals surface area (Å²) in [5.41, 5.74) is 6.91. The number of hydrogen-bond acceptors (Lipinski definition) is 0. The molecule has 0 bridgehead atoms. The Hall–Kier alpha value is -2.88. The molecule has 0 spiro atoms. The standard InChI is InChI=1S/C23H30N4/c1-6-8-24-10-12-26(17-24)15-22-19(3)14-20(4)23(21(22)5)16-27-13-11-25(18-27)9-7-2/h6-7,10-14,17-18H,1-2,8-9,15-16H2,3-5H3/q+2. The molecule has 0 aliphatic rings. The molecule has 27 heavy (non-hydrogen) atoms. The third-order valence-electron chi connectivity index (χ3n) is 5.14. The normalized spacial score (nSPS) is 10.9. The maximum absolute atomic E-state index is 3.81. The topological polar surface area (TPSA) is 17.6 Å². The zero-order valence-electron chi connectivity index (χ0n) is 16.7. The summed E-state index contributed by atoms with van der Waals surface area (Å²) >= 11 is 0.